The van der Waals surface area contributed by atoms with Gasteiger partial charge in [-0.25, -0.2) is 4.98 Å². The third kappa shape index (κ3) is 3.69. The van der Waals surface area contributed by atoms with Crippen LogP contribution in [0.1, 0.15) is 32.2 Å². The van der Waals surface area contributed by atoms with Gasteiger partial charge in [0.1, 0.15) is 0 Å². The molecule has 0 spiro atoms. The van der Waals surface area contributed by atoms with Crippen LogP contribution < -0.4 is 10.9 Å². The van der Waals surface area contributed by atoms with E-state index >= 15 is 0 Å². The number of benzene rings is 1. The van der Waals surface area contributed by atoms with Gasteiger partial charge in [-0.1, -0.05) is 25.1 Å². The zero-order valence-electron chi connectivity index (χ0n) is 14.5. The molecule has 0 aliphatic rings. The standard InChI is InChI=1S/C18H19N5O3/c1-3-14(12(2)24)23-10-9-19-16(18(23)25)20-11-15-21-22-17(26-15)13-7-5-4-6-8-13/h4-10,14H,3,11H2,1-2H3,(H,19,20). The Balaban J connectivity index is 1.76. The molecule has 1 atom stereocenters. The lowest BCUT2D eigenvalue weighted by Crippen LogP contribution is -2.30. The molecule has 1 aromatic carbocycles. The summed E-state index contributed by atoms with van der Waals surface area (Å²) in [7, 11) is 0. The summed E-state index contributed by atoms with van der Waals surface area (Å²) in [4.78, 5) is 28.3. The molecule has 0 aliphatic carbocycles. The van der Waals surface area contributed by atoms with E-state index in [2.05, 4.69) is 20.5 Å². The van der Waals surface area contributed by atoms with Gasteiger partial charge in [-0.15, -0.1) is 10.2 Å². The van der Waals surface area contributed by atoms with E-state index in [4.69, 9.17) is 4.42 Å². The van der Waals surface area contributed by atoms with E-state index in [1.807, 2.05) is 37.3 Å². The Morgan fingerprint density at radius 1 is 1.27 bits per heavy atom. The zero-order valence-corrected chi connectivity index (χ0v) is 14.5. The van der Waals surface area contributed by atoms with Crippen LogP contribution in [-0.2, 0) is 11.3 Å². The number of Topliss-reactive ketones (excluding diaryl/α,β-unsaturated/α-hetero) is 1. The normalized spacial score (nSPS) is 11.9. The highest BCUT2D eigenvalue weighted by Gasteiger charge is 2.17. The number of rotatable bonds is 7. The van der Waals surface area contributed by atoms with Crippen LogP contribution in [0.2, 0.25) is 0 Å². The van der Waals surface area contributed by atoms with Gasteiger partial charge in [-0.2, -0.15) is 0 Å². The SMILES string of the molecule is CCC(C(C)=O)n1ccnc(NCc2nnc(-c3ccccc3)o2)c1=O. The summed E-state index contributed by atoms with van der Waals surface area (Å²) in [6.45, 7) is 3.48. The molecule has 0 fully saturated rings. The van der Waals surface area contributed by atoms with Gasteiger partial charge in [-0.05, 0) is 25.5 Å². The van der Waals surface area contributed by atoms with Crippen molar-refractivity contribution in [2.24, 2.45) is 0 Å². The number of carbonyl (C=O) groups is 1. The Bertz CT molecular complexity index is 949. The van der Waals surface area contributed by atoms with Gasteiger partial charge in [0.05, 0.1) is 12.6 Å². The number of nitrogens with one attached hydrogen (secondary N) is 1. The molecule has 8 nitrogen and oxygen atoms in total. The van der Waals surface area contributed by atoms with Gasteiger partial charge in [-0.3, -0.25) is 9.59 Å². The highest BCUT2D eigenvalue weighted by Crippen LogP contribution is 2.17. The smallest absolute Gasteiger partial charge is 0.293 e. The molecule has 26 heavy (non-hydrogen) atoms. The maximum atomic E-state index is 12.5. The van der Waals surface area contributed by atoms with Crippen LogP contribution in [0, 0.1) is 0 Å². The molecule has 0 radical (unpaired) electrons. The maximum Gasteiger partial charge on any atom is 0.293 e. The third-order valence-electron chi connectivity index (χ3n) is 3.95. The average molecular weight is 353 g/mol. The first kappa shape index (κ1) is 17.5. The van der Waals surface area contributed by atoms with Crippen LogP contribution in [0.3, 0.4) is 0 Å². The van der Waals surface area contributed by atoms with Gasteiger partial charge < -0.3 is 14.3 Å². The number of hydrogen-bond donors (Lipinski definition) is 1. The average Bonchev–Trinajstić information content (AvgIpc) is 3.12. The van der Waals surface area contributed by atoms with Crippen molar-refractivity contribution < 1.29 is 9.21 Å². The second kappa shape index (κ2) is 7.73. The fourth-order valence-electron chi connectivity index (χ4n) is 2.65. The second-order valence-corrected chi connectivity index (χ2v) is 5.74. The van der Waals surface area contributed by atoms with Crippen molar-refractivity contribution in [1.82, 2.24) is 19.7 Å². The van der Waals surface area contributed by atoms with Gasteiger partial charge in [0.25, 0.3) is 5.56 Å². The van der Waals surface area contributed by atoms with Gasteiger partial charge >= 0.3 is 0 Å². The van der Waals surface area contributed by atoms with Gasteiger partial charge in [0.15, 0.2) is 11.6 Å². The zero-order chi connectivity index (χ0) is 18.5. The topological polar surface area (TPSA) is 103 Å². The molecule has 1 unspecified atom stereocenters. The van der Waals surface area contributed by atoms with Gasteiger partial charge in [0.2, 0.25) is 11.8 Å². The summed E-state index contributed by atoms with van der Waals surface area (Å²) >= 11 is 0. The molecule has 2 aromatic heterocycles. The highest BCUT2D eigenvalue weighted by molar-refractivity contribution is 5.79. The van der Waals surface area contributed by atoms with E-state index in [0.29, 0.717) is 18.2 Å². The number of hydrogen-bond acceptors (Lipinski definition) is 7. The summed E-state index contributed by atoms with van der Waals surface area (Å²) in [5, 5.41) is 10.9. The molecule has 0 aliphatic heterocycles. The number of aromatic nitrogens is 4. The number of nitrogens with zero attached hydrogens (tertiary/aromatic N) is 4. The first-order valence-corrected chi connectivity index (χ1v) is 8.29. The van der Waals surface area contributed by atoms with Crippen LogP contribution in [0.15, 0.2) is 51.9 Å². The molecular weight excluding hydrogens is 334 g/mol. The molecule has 0 bridgehead atoms. The highest BCUT2D eigenvalue weighted by atomic mass is 16.4. The van der Waals surface area contributed by atoms with E-state index in [-0.39, 0.29) is 23.7 Å². The van der Waals surface area contributed by atoms with Crippen molar-refractivity contribution in [2.75, 3.05) is 5.32 Å². The Labute approximate surface area is 149 Å². The van der Waals surface area contributed by atoms with Crippen LogP contribution in [0.25, 0.3) is 11.5 Å². The van der Waals surface area contributed by atoms with E-state index in [0.717, 1.165) is 5.56 Å². The molecule has 3 rings (SSSR count). The number of anilines is 1. The van der Waals surface area contributed by atoms with Gasteiger partial charge in [0, 0.05) is 18.0 Å². The lowest BCUT2D eigenvalue weighted by molar-refractivity contribution is -0.120. The largest absolute Gasteiger partial charge is 0.419 e. The second-order valence-electron chi connectivity index (χ2n) is 5.74. The minimum atomic E-state index is -0.501. The predicted molar refractivity (Wildman–Crippen MR) is 95.6 cm³/mol. The molecule has 8 heteroatoms. The van der Waals surface area contributed by atoms with Crippen molar-refractivity contribution in [1.29, 1.82) is 0 Å². The molecule has 0 saturated carbocycles. The molecule has 0 saturated heterocycles. The van der Waals surface area contributed by atoms with E-state index < -0.39 is 6.04 Å². The van der Waals surface area contributed by atoms with Crippen molar-refractivity contribution in [3.8, 4) is 11.5 Å². The van der Waals surface area contributed by atoms with E-state index in [1.165, 1.54) is 23.9 Å². The first-order valence-electron chi connectivity index (χ1n) is 8.29. The van der Waals surface area contributed by atoms with Crippen molar-refractivity contribution in [2.45, 2.75) is 32.9 Å². The van der Waals surface area contributed by atoms with Crippen molar-refractivity contribution in [3.05, 3.63) is 59.0 Å². The predicted octanol–water partition coefficient (Wildman–Crippen LogP) is 2.45. The Morgan fingerprint density at radius 2 is 2.04 bits per heavy atom. The Morgan fingerprint density at radius 3 is 2.73 bits per heavy atom. The summed E-state index contributed by atoms with van der Waals surface area (Å²) in [6, 6.07) is 8.90. The summed E-state index contributed by atoms with van der Waals surface area (Å²) in [5.41, 5.74) is 0.455. The number of carbonyl (C=O) groups excluding carboxylic acids is 1. The fraction of sp³-hybridized carbons (Fsp3) is 0.278. The number of ketones is 1. The summed E-state index contributed by atoms with van der Waals surface area (Å²) < 4.78 is 6.98. The molecule has 1 N–H and O–H groups in total. The first-order chi connectivity index (χ1) is 12.6. The lowest BCUT2D eigenvalue weighted by Gasteiger charge is -2.15. The lowest BCUT2D eigenvalue weighted by atomic mass is 10.1. The minimum Gasteiger partial charge on any atom is -0.419 e. The third-order valence-corrected chi connectivity index (χ3v) is 3.95. The quantitative estimate of drug-likeness (QED) is 0.696. The van der Waals surface area contributed by atoms with E-state index in [9.17, 15) is 9.59 Å². The fourth-order valence-corrected chi connectivity index (χ4v) is 2.65. The molecular formula is C18H19N5O3. The molecule has 0 amide bonds. The maximum absolute atomic E-state index is 12.5. The molecule has 134 valence electrons. The van der Waals surface area contributed by atoms with Crippen molar-refractivity contribution in [3.63, 3.8) is 0 Å². The minimum absolute atomic E-state index is 0.0730. The summed E-state index contributed by atoms with van der Waals surface area (Å²) in [5.74, 6) is 0.797. The van der Waals surface area contributed by atoms with Crippen molar-refractivity contribution >= 4 is 11.6 Å². The Hall–Kier alpha value is -3.29. The summed E-state index contributed by atoms with van der Waals surface area (Å²) in [6.07, 6.45) is 3.53. The molecule has 3 aromatic rings. The van der Waals surface area contributed by atoms with Crippen LogP contribution in [0.5, 0.6) is 0 Å². The Kier molecular flexibility index (Phi) is 5.21. The monoisotopic (exact) mass is 353 g/mol. The molecule has 2 heterocycles. The van der Waals surface area contributed by atoms with Crippen LogP contribution >= 0.6 is 0 Å². The van der Waals surface area contributed by atoms with Crippen LogP contribution in [-0.4, -0.2) is 25.5 Å². The van der Waals surface area contributed by atoms with E-state index in [1.54, 1.807) is 0 Å². The van der Waals surface area contributed by atoms with Crippen LogP contribution in [0.4, 0.5) is 5.82 Å².